The Labute approximate surface area is 104 Å². The Kier molecular flexibility index (Phi) is 3.15. The van der Waals surface area contributed by atoms with E-state index in [1.807, 2.05) is 4.72 Å². The molecule has 0 saturated carbocycles. The van der Waals surface area contributed by atoms with Crippen molar-refractivity contribution in [3.63, 3.8) is 0 Å². The third-order valence-corrected chi connectivity index (χ3v) is 3.67. The SMILES string of the molecule is CNC(=O)NS(=O)(=O)c1ccc2ncccc2c1. The molecule has 0 saturated heterocycles. The second kappa shape index (κ2) is 4.61. The van der Waals surface area contributed by atoms with Crippen LogP contribution in [0.1, 0.15) is 0 Å². The van der Waals surface area contributed by atoms with Crippen LogP contribution in [0.5, 0.6) is 0 Å². The average molecular weight is 265 g/mol. The number of urea groups is 1. The molecule has 0 fully saturated rings. The lowest BCUT2D eigenvalue weighted by atomic mass is 10.2. The van der Waals surface area contributed by atoms with Crippen LogP contribution >= 0.6 is 0 Å². The molecule has 1 heterocycles. The van der Waals surface area contributed by atoms with Crippen molar-refractivity contribution in [1.29, 1.82) is 0 Å². The van der Waals surface area contributed by atoms with Gasteiger partial charge in [-0.25, -0.2) is 17.9 Å². The Morgan fingerprint density at radius 2 is 2.06 bits per heavy atom. The van der Waals surface area contributed by atoms with Gasteiger partial charge in [0, 0.05) is 18.6 Å². The number of nitrogens with one attached hydrogen (secondary N) is 2. The van der Waals surface area contributed by atoms with E-state index < -0.39 is 16.1 Å². The number of fused-ring (bicyclic) bond motifs is 1. The van der Waals surface area contributed by atoms with E-state index in [1.165, 1.54) is 19.2 Å². The smallest absolute Gasteiger partial charge is 0.328 e. The molecule has 0 aliphatic heterocycles. The third kappa shape index (κ3) is 2.40. The summed E-state index contributed by atoms with van der Waals surface area (Å²) in [5, 5.41) is 2.88. The van der Waals surface area contributed by atoms with Gasteiger partial charge in [0.2, 0.25) is 0 Å². The van der Waals surface area contributed by atoms with Crippen molar-refractivity contribution in [3.8, 4) is 0 Å². The van der Waals surface area contributed by atoms with E-state index in [4.69, 9.17) is 0 Å². The summed E-state index contributed by atoms with van der Waals surface area (Å²) in [6.45, 7) is 0. The largest absolute Gasteiger partial charge is 0.340 e. The normalized spacial score (nSPS) is 11.2. The molecule has 1 aromatic carbocycles. The number of amides is 2. The van der Waals surface area contributed by atoms with Gasteiger partial charge in [-0.3, -0.25) is 4.98 Å². The molecule has 2 rings (SSSR count). The van der Waals surface area contributed by atoms with Gasteiger partial charge < -0.3 is 5.32 Å². The highest BCUT2D eigenvalue weighted by Crippen LogP contribution is 2.16. The highest BCUT2D eigenvalue weighted by molar-refractivity contribution is 7.90. The fourth-order valence-corrected chi connectivity index (χ4v) is 2.45. The van der Waals surface area contributed by atoms with Crippen LogP contribution in [-0.2, 0) is 10.0 Å². The Bertz CT molecular complexity index is 698. The van der Waals surface area contributed by atoms with E-state index in [2.05, 4.69) is 10.3 Å². The second-order valence-corrected chi connectivity index (χ2v) is 5.22. The molecule has 94 valence electrons. The molecule has 2 amide bonds. The van der Waals surface area contributed by atoms with Crippen LogP contribution in [-0.4, -0.2) is 26.5 Å². The van der Waals surface area contributed by atoms with Gasteiger partial charge in [0.15, 0.2) is 0 Å². The summed E-state index contributed by atoms with van der Waals surface area (Å²) in [5.41, 5.74) is 0.691. The maximum absolute atomic E-state index is 11.9. The van der Waals surface area contributed by atoms with Crippen LogP contribution in [0.2, 0.25) is 0 Å². The number of sulfonamides is 1. The van der Waals surface area contributed by atoms with Crippen LogP contribution in [0, 0.1) is 0 Å². The zero-order chi connectivity index (χ0) is 13.2. The number of pyridine rings is 1. The maximum Gasteiger partial charge on any atom is 0.328 e. The van der Waals surface area contributed by atoms with Crippen LogP contribution < -0.4 is 10.0 Å². The zero-order valence-electron chi connectivity index (χ0n) is 9.54. The summed E-state index contributed by atoms with van der Waals surface area (Å²) in [5.74, 6) is 0. The molecule has 0 aliphatic carbocycles. The molecule has 0 aliphatic rings. The Hall–Kier alpha value is -2.15. The van der Waals surface area contributed by atoms with Crippen LogP contribution in [0.3, 0.4) is 0 Å². The van der Waals surface area contributed by atoms with E-state index in [9.17, 15) is 13.2 Å². The molecular formula is C11H11N3O3S. The predicted octanol–water partition coefficient (Wildman–Crippen LogP) is 0.852. The Morgan fingerprint density at radius 1 is 1.28 bits per heavy atom. The molecule has 0 bridgehead atoms. The first-order valence-corrected chi connectivity index (χ1v) is 6.60. The molecule has 6 nitrogen and oxygen atoms in total. The highest BCUT2D eigenvalue weighted by Gasteiger charge is 2.16. The van der Waals surface area contributed by atoms with Crippen molar-refractivity contribution >= 4 is 27.0 Å². The van der Waals surface area contributed by atoms with Gasteiger partial charge in [-0.05, 0) is 24.3 Å². The zero-order valence-corrected chi connectivity index (χ0v) is 10.4. The van der Waals surface area contributed by atoms with E-state index in [1.54, 1.807) is 24.4 Å². The summed E-state index contributed by atoms with van der Waals surface area (Å²) < 4.78 is 25.6. The van der Waals surface area contributed by atoms with Gasteiger partial charge in [0.25, 0.3) is 10.0 Å². The molecule has 0 radical (unpaired) electrons. The summed E-state index contributed by atoms with van der Waals surface area (Å²) in [4.78, 5) is 15.2. The van der Waals surface area contributed by atoms with Crippen molar-refractivity contribution in [2.45, 2.75) is 4.90 Å². The summed E-state index contributed by atoms with van der Waals surface area (Å²) in [6.07, 6.45) is 1.62. The van der Waals surface area contributed by atoms with Crippen molar-refractivity contribution in [2.24, 2.45) is 0 Å². The monoisotopic (exact) mass is 265 g/mol. The lowest BCUT2D eigenvalue weighted by Gasteiger charge is -2.06. The molecule has 18 heavy (non-hydrogen) atoms. The first kappa shape index (κ1) is 12.3. The molecular weight excluding hydrogens is 254 g/mol. The minimum atomic E-state index is -3.85. The first-order chi connectivity index (χ1) is 8.53. The van der Waals surface area contributed by atoms with E-state index >= 15 is 0 Å². The van der Waals surface area contributed by atoms with Gasteiger partial charge in [-0.1, -0.05) is 6.07 Å². The number of nitrogens with zero attached hydrogens (tertiary/aromatic N) is 1. The number of hydrogen-bond donors (Lipinski definition) is 2. The molecule has 2 N–H and O–H groups in total. The quantitative estimate of drug-likeness (QED) is 0.842. The fraction of sp³-hybridized carbons (Fsp3) is 0.0909. The highest BCUT2D eigenvalue weighted by atomic mass is 32.2. The number of carbonyl (C=O) groups is 1. The third-order valence-electron chi connectivity index (χ3n) is 2.34. The Morgan fingerprint density at radius 3 is 2.78 bits per heavy atom. The molecule has 0 atom stereocenters. The first-order valence-electron chi connectivity index (χ1n) is 5.12. The van der Waals surface area contributed by atoms with E-state index in [0.29, 0.717) is 10.9 Å². The molecule has 2 aromatic rings. The van der Waals surface area contributed by atoms with E-state index in [0.717, 1.165) is 0 Å². The minimum absolute atomic E-state index is 0.0200. The van der Waals surface area contributed by atoms with Crippen LogP contribution in [0.4, 0.5) is 4.79 Å². The number of aromatic nitrogens is 1. The van der Waals surface area contributed by atoms with Crippen molar-refractivity contribution < 1.29 is 13.2 Å². The summed E-state index contributed by atoms with van der Waals surface area (Å²) in [7, 11) is -2.51. The fourth-order valence-electron chi connectivity index (χ4n) is 1.45. The number of rotatable bonds is 2. The van der Waals surface area contributed by atoms with Crippen LogP contribution in [0.25, 0.3) is 10.9 Å². The number of hydrogen-bond acceptors (Lipinski definition) is 4. The minimum Gasteiger partial charge on any atom is -0.340 e. The summed E-state index contributed by atoms with van der Waals surface area (Å²) >= 11 is 0. The van der Waals surface area contributed by atoms with Crippen LogP contribution in [0.15, 0.2) is 41.4 Å². The van der Waals surface area contributed by atoms with Crippen molar-refractivity contribution in [2.75, 3.05) is 7.05 Å². The predicted molar refractivity (Wildman–Crippen MR) is 66.5 cm³/mol. The maximum atomic E-state index is 11.9. The standard InChI is InChI=1S/C11H11N3O3S/c1-12-11(15)14-18(16,17)9-4-5-10-8(7-9)3-2-6-13-10/h2-7H,1H3,(H2,12,14,15). The molecule has 7 heteroatoms. The van der Waals surface area contributed by atoms with Crippen molar-refractivity contribution in [1.82, 2.24) is 15.0 Å². The molecule has 1 aromatic heterocycles. The number of benzene rings is 1. The van der Waals surface area contributed by atoms with E-state index in [-0.39, 0.29) is 4.90 Å². The van der Waals surface area contributed by atoms with Gasteiger partial charge in [-0.2, -0.15) is 0 Å². The molecule has 0 spiro atoms. The average Bonchev–Trinajstić information content (AvgIpc) is 2.37. The van der Waals surface area contributed by atoms with Gasteiger partial charge >= 0.3 is 6.03 Å². The van der Waals surface area contributed by atoms with Gasteiger partial charge in [0.1, 0.15) is 0 Å². The van der Waals surface area contributed by atoms with Crippen molar-refractivity contribution in [3.05, 3.63) is 36.5 Å². The topological polar surface area (TPSA) is 88.2 Å². The molecule has 0 unspecified atom stereocenters. The van der Waals surface area contributed by atoms with Gasteiger partial charge in [0.05, 0.1) is 10.4 Å². The Balaban J connectivity index is 2.45. The second-order valence-electron chi connectivity index (χ2n) is 3.54. The van der Waals surface area contributed by atoms with Gasteiger partial charge in [-0.15, -0.1) is 0 Å². The number of carbonyl (C=O) groups excluding carboxylic acids is 1. The summed E-state index contributed by atoms with van der Waals surface area (Å²) in [6, 6.07) is 7.15. The lowest BCUT2D eigenvalue weighted by molar-refractivity contribution is 0.248. The lowest BCUT2D eigenvalue weighted by Crippen LogP contribution is -2.37.